The number of benzene rings is 1. The number of nitro benzene ring substituents is 1. The van der Waals surface area contributed by atoms with E-state index in [0.29, 0.717) is 5.69 Å². The Kier molecular flexibility index (Phi) is 4.80. The number of nitrogens with zero attached hydrogens (tertiary/aromatic N) is 5. The third-order valence-corrected chi connectivity index (χ3v) is 4.47. The summed E-state index contributed by atoms with van der Waals surface area (Å²) in [4.78, 5) is 36.2. The summed E-state index contributed by atoms with van der Waals surface area (Å²) in [6.07, 6.45) is 3.40. The number of aromatic nitrogens is 4. The molecule has 0 aliphatic heterocycles. The minimum Gasteiger partial charge on any atom is -0.490 e. The summed E-state index contributed by atoms with van der Waals surface area (Å²) in [7, 11) is 1.32. The molecule has 0 atom stereocenters. The van der Waals surface area contributed by atoms with Gasteiger partial charge in [-0.1, -0.05) is 6.07 Å². The number of rotatable bonds is 5. The minimum atomic E-state index is -0.611. The van der Waals surface area contributed by atoms with Crippen LogP contribution in [0.3, 0.4) is 0 Å². The van der Waals surface area contributed by atoms with Crippen molar-refractivity contribution in [2.75, 3.05) is 12.4 Å². The van der Waals surface area contributed by atoms with Gasteiger partial charge in [-0.2, -0.15) is 0 Å². The van der Waals surface area contributed by atoms with E-state index in [1.54, 1.807) is 6.07 Å². The van der Waals surface area contributed by atoms with Gasteiger partial charge in [0.1, 0.15) is 5.65 Å². The van der Waals surface area contributed by atoms with Gasteiger partial charge in [-0.25, -0.2) is 15.0 Å². The van der Waals surface area contributed by atoms with Crippen LogP contribution in [0.25, 0.3) is 17.0 Å². The molecule has 0 saturated carbocycles. The van der Waals surface area contributed by atoms with Crippen molar-refractivity contribution >= 4 is 23.2 Å². The van der Waals surface area contributed by atoms with Gasteiger partial charge in [0.05, 0.1) is 29.1 Å². The number of anilines is 1. The average molecular weight is 404 g/mol. The van der Waals surface area contributed by atoms with Crippen LogP contribution in [0, 0.1) is 17.0 Å². The van der Waals surface area contributed by atoms with E-state index in [-0.39, 0.29) is 22.9 Å². The number of nitrogens with one attached hydrogen (secondary N) is 1. The molecule has 0 unspecified atom stereocenters. The molecule has 1 aromatic carbocycles. The normalized spacial score (nSPS) is 10.7. The molecular formula is C20H16N6O4. The maximum Gasteiger partial charge on any atom is 0.311 e. The van der Waals surface area contributed by atoms with Crippen LogP contribution in [0.2, 0.25) is 0 Å². The molecule has 150 valence electrons. The van der Waals surface area contributed by atoms with E-state index in [1.165, 1.54) is 25.4 Å². The number of methoxy groups -OCH3 is 1. The van der Waals surface area contributed by atoms with Crippen LogP contribution in [-0.2, 0) is 0 Å². The number of amides is 1. The van der Waals surface area contributed by atoms with E-state index in [4.69, 9.17) is 4.74 Å². The van der Waals surface area contributed by atoms with E-state index < -0.39 is 10.8 Å². The zero-order valence-electron chi connectivity index (χ0n) is 16.1. The van der Waals surface area contributed by atoms with E-state index in [2.05, 4.69) is 20.3 Å². The largest absolute Gasteiger partial charge is 0.490 e. The molecule has 0 radical (unpaired) electrons. The van der Waals surface area contributed by atoms with Gasteiger partial charge in [0.2, 0.25) is 5.95 Å². The molecule has 0 spiro atoms. The number of carbonyl (C=O) groups is 1. The highest BCUT2D eigenvalue weighted by atomic mass is 16.6. The Morgan fingerprint density at radius 1 is 1.20 bits per heavy atom. The van der Waals surface area contributed by atoms with E-state index in [0.717, 1.165) is 23.1 Å². The molecule has 0 aliphatic carbocycles. The number of imidazole rings is 1. The van der Waals surface area contributed by atoms with Crippen molar-refractivity contribution in [3.05, 3.63) is 76.2 Å². The summed E-state index contributed by atoms with van der Waals surface area (Å²) in [5.74, 6) is -0.438. The van der Waals surface area contributed by atoms with E-state index >= 15 is 0 Å². The lowest BCUT2D eigenvalue weighted by molar-refractivity contribution is -0.385. The summed E-state index contributed by atoms with van der Waals surface area (Å²) in [5, 5.41) is 13.8. The third-order valence-electron chi connectivity index (χ3n) is 4.47. The van der Waals surface area contributed by atoms with Crippen LogP contribution < -0.4 is 10.1 Å². The lowest BCUT2D eigenvalue weighted by Crippen LogP contribution is -2.14. The number of hydrogen-bond donors (Lipinski definition) is 1. The number of nitro groups is 1. The zero-order chi connectivity index (χ0) is 21.3. The van der Waals surface area contributed by atoms with Crippen LogP contribution in [0.1, 0.15) is 16.1 Å². The van der Waals surface area contributed by atoms with Crippen molar-refractivity contribution in [3.8, 4) is 17.1 Å². The summed E-state index contributed by atoms with van der Waals surface area (Å²) >= 11 is 0. The fourth-order valence-corrected chi connectivity index (χ4v) is 3.12. The number of pyridine rings is 1. The first kappa shape index (κ1) is 19.0. The van der Waals surface area contributed by atoms with Gasteiger partial charge in [0.15, 0.2) is 5.75 Å². The summed E-state index contributed by atoms with van der Waals surface area (Å²) < 4.78 is 6.86. The predicted octanol–water partition coefficient (Wildman–Crippen LogP) is 3.27. The molecule has 0 fully saturated rings. The summed E-state index contributed by atoms with van der Waals surface area (Å²) in [5.41, 5.74) is 2.70. The fraction of sp³-hybridized carbons (Fsp3) is 0.100. The SMILES string of the molecule is COc1ccc(C(=O)Nc2nccc(-c3c(C)nc4ccccn34)n2)cc1[N+](=O)[O-]. The van der Waals surface area contributed by atoms with Gasteiger partial charge in [-0.3, -0.25) is 24.6 Å². The molecule has 0 aliphatic rings. The molecule has 3 heterocycles. The summed E-state index contributed by atoms with van der Waals surface area (Å²) in [6, 6.07) is 11.3. The van der Waals surface area contributed by atoms with Gasteiger partial charge in [0.25, 0.3) is 5.91 Å². The first-order valence-electron chi connectivity index (χ1n) is 8.89. The molecule has 1 N–H and O–H groups in total. The van der Waals surface area contributed by atoms with Crippen LogP contribution in [0.15, 0.2) is 54.9 Å². The maximum atomic E-state index is 12.6. The Labute approximate surface area is 170 Å². The van der Waals surface area contributed by atoms with Gasteiger partial charge in [0, 0.05) is 24.0 Å². The molecule has 3 aromatic heterocycles. The monoisotopic (exact) mass is 404 g/mol. The molecule has 4 aromatic rings. The standard InChI is InChI=1S/C20H16N6O4/c1-12-18(25-10-4-3-5-17(25)22-12)14-8-9-21-20(23-14)24-19(27)13-6-7-16(30-2)15(11-13)26(28)29/h3-11H,1-2H3,(H,21,23,24,27). The number of carbonyl (C=O) groups excluding carboxylic acids is 1. The Morgan fingerprint density at radius 2 is 2.03 bits per heavy atom. The Hall–Kier alpha value is -4.34. The molecular weight excluding hydrogens is 388 g/mol. The third kappa shape index (κ3) is 3.41. The van der Waals surface area contributed by atoms with Gasteiger partial charge in [-0.05, 0) is 37.3 Å². The van der Waals surface area contributed by atoms with Crippen LogP contribution in [0.5, 0.6) is 5.75 Å². The second-order valence-electron chi connectivity index (χ2n) is 6.34. The molecule has 4 rings (SSSR count). The van der Waals surface area contributed by atoms with Crippen LogP contribution in [0.4, 0.5) is 11.6 Å². The Balaban J connectivity index is 1.65. The number of aryl methyl sites for hydroxylation is 1. The molecule has 0 saturated heterocycles. The average Bonchev–Trinajstić information content (AvgIpc) is 3.09. The predicted molar refractivity (Wildman–Crippen MR) is 109 cm³/mol. The quantitative estimate of drug-likeness (QED) is 0.400. The van der Waals surface area contributed by atoms with Crippen molar-refractivity contribution in [1.29, 1.82) is 0 Å². The van der Waals surface area contributed by atoms with Crippen molar-refractivity contribution in [1.82, 2.24) is 19.4 Å². The minimum absolute atomic E-state index is 0.0675. The molecule has 10 nitrogen and oxygen atoms in total. The van der Waals surface area contributed by atoms with E-state index in [9.17, 15) is 14.9 Å². The molecule has 0 bridgehead atoms. The summed E-state index contributed by atoms with van der Waals surface area (Å²) in [6.45, 7) is 1.87. The van der Waals surface area contributed by atoms with Gasteiger partial charge >= 0.3 is 5.69 Å². The molecule has 30 heavy (non-hydrogen) atoms. The van der Waals surface area contributed by atoms with Crippen molar-refractivity contribution in [2.45, 2.75) is 6.92 Å². The van der Waals surface area contributed by atoms with Crippen molar-refractivity contribution < 1.29 is 14.5 Å². The lowest BCUT2D eigenvalue weighted by atomic mass is 10.1. The lowest BCUT2D eigenvalue weighted by Gasteiger charge is -2.07. The van der Waals surface area contributed by atoms with Gasteiger partial charge < -0.3 is 4.74 Å². The highest BCUT2D eigenvalue weighted by molar-refractivity contribution is 6.04. The van der Waals surface area contributed by atoms with Crippen LogP contribution in [-0.4, -0.2) is 37.3 Å². The van der Waals surface area contributed by atoms with Gasteiger partial charge in [-0.15, -0.1) is 0 Å². The van der Waals surface area contributed by atoms with E-state index in [1.807, 2.05) is 35.7 Å². The van der Waals surface area contributed by atoms with Crippen LogP contribution >= 0.6 is 0 Å². The first-order valence-corrected chi connectivity index (χ1v) is 8.89. The number of ether oxygens (including phenoxy) is 1. The first-order chi connectivity index (χ1) is 14.5. The Bertz CT molecular complexity index is 1280. The topological polar surface area (TPSA) is 125 Å². The Morgan fingerprint density at radius 3 is 2.80 bits per heavy atom. The second-order valence-corrected chi connectivity index (χ2v) is 6.34. The molecule has 10 heteroatoms. The number of hydrogen-bond acceptors (Lipinski definition) is 7. The maximum absolute atomic E-state index is 12.6. The van der Waals surface area contributed by atoms with Crippen molar-refractivity contribution in [3.63, 3.8) is 0 Å². The fourth-order valence-electron chi connectivity index (χ4n) is 3.12. The van der Waals surface area contributed by atoms with Crippen molar-refractivity contribution in [2.24, 2.45) is 0 Å². The second kappa shape index (κ2) is 7.59. The molecule has 1 amide bonds. The smallest absolute Gasteiger partial charge is 0.311 e. The number of fused-ring (bicyclic) bond motifs is 1. The highest BCUT2D eigenvalue weighted by Gasteiger charge is 2.19. The highest BCUT2D eigenvalue weighted by Crippen LogP contribution is 2.28. The zero-order valence-corrected chi connectivity index (χ0v) is 16.1.